The van der Waals surface area contributed by atoms with Crippen LogP contribution in [0, 0.1) is 21.4 Å². The Morgan fingerprint density at radius 3 is 2.32 bits per heavy atom. The van der Waals surface area contributed by atoms with Crippen LogP contribution >= 0.6 is 0 Å². The molecule has 0 aliphatic heterocycles. The van der Waals surface area contributed by atoms with Crippen LogP contribution in [0.3, 0.4) is 0 Å². The van der Waals surface area contributed by atoms with E-state index in [1.54, 1.807) is 12.1 Å². The Hall–Kier alpha value is -3.86. The van der Waals surface area contributed by atoms with Gasteiger partial charge in [-0.25, -0.2) is 4.79 Å². The van der Waals surface area contributed by atoms with Gasteiger partial charge in [0.1, 0.15) is 17.2 Å². The van der Waals surface area contributed by atoms with Crippen molar-refractivity contribution in [2.75, 3.05) is 6.61 Å². The standard InChI is InChI=1S/C17H8N2O6/c18-7-8-25-17(22)12-6-5-11-13(14(12)19(23)24)16(21)10-4-2-1-3-9(10)15(11)20/h1-6H,8H2. The number of hydrogen-bond donors (Lipinski definition) is 0. The van der Waals surface area contributed by atoms with Gasteiger partial charge in [0.2, 0.25) is 5.78 Å². The number of carbonyl (C=O) groups excluding carboxylic acids is 3. The number of nitro benzene ring substituents is 1. The largest absolute Gasteiger partial charge is 0.446 e. The molecule has 0 radical (unpaired) electrons. The molecule has 0 bridgehead atoms. The number of hydrogen-bond acceptors (Lipinski definition) is 7. The van der Waals surface area contributed by atoms with E-state index in [2.05, 4.69) is 4.74 Å². The molecule has 0 N–H and O–H groups in total. The number of ketones is 2. The third-order valence-corrected chi connectivity index (χ3v) is 3.74. The molecule has 0 fully saturated rings. The molecule has 8 nitrogen and oxygen atoms in total. The van der Waals surface area contributed by atoms with E-state index in [0.717, 1.165) is 6.07 Å². The number of nitriles is 1. The van der Waals surface area contributed by atoms with Gasteiger partial charge >= 0.3 is 5.97 Å². The lowest BCUT2D eigenvalue weighted by atomic mass is 9.82. The first-order valence-corrected chi connectivity index (χ1v) is 7.01. The predicted molar refractivity (Wildman–Crippen MR) is 82.3 cm³/mol. The highest BCUT2D eigenvalue weighted by molar-refractivity contribution is 6.30. The van der Waals surface area contributed by atoms with E-state index in [0.29, 0.717) is 0 Å². The topological polar surface area (TPSA) is 127 Å². The van der Waals surface area contributed by atoms with Gasteiger partial charge < -0.3 is 4.74 Å². The van der Waals surface area contributed by atoms with Crippen LogP contribution in [0.25, 0.3) is 0 Å². The summed E-state index contributed by atoms with van der Waals surface area (Å²) < 4.78 is 4.59. The van der Waals surface area contributed by atoms with Gasteiger partial charge in [-0.3, -0.25) is 19.7 Å². The molecule has 0 amide bonds. The van der Waals surface area contributed by atoms with Crippen molar-refractivity contribution in [3.63, 3.8) is 0 Å². The van der Waals surface area contributed by atoms with E-state index in [9.17, 15) is 24.5 Å². The molecule has 0 unspecified atom stereocenters. The first-order valence-electron chi connectivity index (χ1n) is 7.01. The fourth-order valence-electron chi connectivity index (χ4n) is 2.70. The highest BCUT2D eigenvalue weighted by Gasteiger charge is 2.38. The number of esters is 1. The molecule has 2 aromatic rings. The van der Waals surface area contributed by atoms with Crippen molar-refractivity contribution in [3.05, 3.63) is 74.3 Å². The molecule has 0 saturated heterocycles. The molecule has 2 aromatic carbocycles. The molecule has 122 valence electrons. The average molecular weight is 336 g/mol. The fraction of sp³-hybridized carbons (Fsp3) is 0.0588. The monoisotopic (exact) mass is 336 g/mol. The van der Waals surface area contributed by atoms with E-state index in [-0.39, 0.29) is 16.7 Å². The lowest BCUT2D eigenvalue weighted by Crippen LogP contribution is -2.23. The average Bonchev–Trinajstić information content (AvgIpc) is 2.62. The van der Waals surface area contributed by atoms with Crippen molar-refractivity contribution in [1.82, 2.24) is 0 Å². The second kappa shape index (κ2) is 5.98. The number of fused-ring (bicyclic) bond motifs is 2. The number of carbonyl (C=O) groups is 3. The second-order valence-electron chi connectivity index (χ2n) is 5.08. The number of ether oxygens (including phenoxy) is 1. The second-order valence-corrected chi connectivity index (χ2v) is 5.08. The molecule has 1 aliphatic rings. The quantitative estimate of drug-likeness (QED) is 0.407. The maximum atomic E-state index is 12.7. The predicted octanol–water partition coefficient (Wildman–Crippen LogP) is 2.05. The number of benzene rings is 2. The first kappa shape index (κ1) is 16.0. The van der Waals surface area contributed by atoms with Crippen molar-refractivity contribution in [2.24, 2.45) is 0 Å². The van der Waals surface area contributed by atoms with Gasteiger partial charge in [-0.05, 0) is 12.1 Å². The van der Waals surface area contributed by atoms with Crippen molar-refractivity contribution in [2.45, 2.75) is 0 Å². The maximum Gasteiger partial charge on any atom is 0.346 e. The zero-order valence-corrected chi connectivity index (χ0v) is 12.5. The van der Waals surface area contributed by atoms with E-state index < -0.39 is 45.9 Å². The van der Waals surface area contributed by atoms with Gasteiger partial charge in [-0.15, -0.1) is 0 Å². The fourth-order valence-corrected chi connectivity index (χ4v) is 2.70. The summed E-state index contributed by atoms with van der Waals surface area (Å²) in [7, 11) is 0. The smallest absolute Gasteiger partial charge is 0.346 e. The normalized spacial score (nSPS) is 12.0. The molecular formula is C17H8N2O6. The summed E-state index contributed by atoms with van der Waals surface area (Å²) in [5.41, 5.74) is -1.69. The Labute approximate surface area is 140 Å². The number of rotatable bonds is 3. The molecule has 3 rings (SSSR count). The zero-order chi connectivity index (χ0) is 18.1. The summed E-state index contributed by atoms with van der Waals surface area (Å²) in [6, 6.07) is 9.77. The SMILES string of the molecule is N#CCOC(=O)c1ccc2c(c1[N+](=O)[O-])C(=O)c1ccccc1C2=O. The Bertz CT molecular complexity index is 1000. The van der Waals surface area contributed by atoms with Crippen LogP contribution in [0.4, 0.5) is 5.69 Å². The molecule has 8 heteroatoms. The first-order chi connectivity index (χ1) is 12.0. The Morgan fingerprint density at radius 2 is 1.72 bits per heavy atom. The van der Waals surface area contributed by atoms with Gasteiger partial charge in [0.05, 0.1) is 4.92 Å². The van der Waals surface area contributed by atoms with Crippen LogP contribution in [0.1, 0.15) is 42.2 Å². The lowest BCUT2D eigenvalue weighted by molar-refractivity contribution is -0.385. The summed E-state index contributed by atoms with van der Waals surface area (Å²) in [5.74, 6) is -2.37. The lowest BCUT2D eigenvalue weighted by Gasteiger charge is -2.18. The molecule has 0 heterocycles. The molecule has 0 aromatic heterocycles. The highest BCUT2D eigenvalue weighted by atomic mass is 16.6. The Morgan fingerprint density at radius 1 is 1.08 bits per heavy atom. The maximum absolute atomic E-state index is 12.7. The van der Waals surface area contributed by atoms with Gasteiger partial charge in [0, 0.05) is 16.7 Å². The number of nitro groups is 1. The highest BCUT2D eigenvalue weighted by Crippen LogP contribution is 2.35. The van der Waals surface area contributed by atoms with Gasteiger partial charge in [0.25, 0.3) is 5.69 Å². The van der Waals surface area contributed by atoms with Crippen LogP contribution in [0.5, 0.6) is 0 Å². The number of nitrogens with zero attached hydrogens (tertiary/aromatic N) is 2. The van der Waals surface area contributed by atoms with E-state index in [1.165, 1.54) is 24.3 Å². The summed E-state index contributed by atoms with van der Waals surface area (Å²) >= 11 is 0. The van der Waals surface area contributed by atoms with E-state index in [1.807, 2.05) is 0 Å². The molecule has 0 spiro atoms. The molecular weight excluding hydrogens is 328 g/mol. The summed E-state index contributed by atoms with van der Waals surface area (Å²) in [6.07, 6.45) is 0. The van der Waals surface area contributed by atoms with Crippen LogP contribution in [0.15, 0.2) is 36.4 Å². The third kappa shape index (κ3) is 2.44. The Balaban J connectivity index is 2.26. The summed E-state index contributed by atoms with van der Waals surface area (Å²) in [6.45, 7) is -0.594. The van der Waals surface area contributed by atoms with Gasteiger partial charge in [-0.1, -0.05) is 24.3 Å². The van der Waals surface area contributed by atoms with Crippen LogP contribution in [-0.2, 0) is 4.74 Å². The van der Waals surface area contributed by atoms with Crippen LogP contribution in [-0.4, -0.2) is 29.1 Å². The van der Waals surface area contributed by atoms with Gasteiger partial charge in [0.15, 0.2) is 12.4 Å². The molecule has 1 aliphatic carbocycles. The third-order valence-electron chi connectivity index (χ3n) is 3.74. The minimum atomic E-state index is -1.12. The van der Waals surface area contributed by atoms with E-state index >= 15 is 0 Å². The Kier molecular flexibility index (Phi) is 3.83. The summed E-state index contributed by atoms with van der Waals surface area (Å²) in [5, 5.41) is 20.0. The molecule has 25 heavy (non-hydrogen) atoms. The van der Waals surface area contributed by atoms with Crippen LogP contribution < -0.4 is 0 Å². The van der Waals surface area contributed by atoms with Crippen molar-refractivity contribution >= 4 is 23.2 Å². The summed E-state index contributed by atoms with van der Waals surface area (Å²) in [4.78, 5) is 47.8. The minimum absolute atomic E-state index is 0.0330. The molecule has 0 saturated carbocycles. The minimum Gasteiger partial charge on any atom is -0.446 e. The van der Waals surface area contributed by atoms with Crippen molar-refractivity contribution in [3.8, 4) is 6.07 Å². The van der Waals surface area contributed by atoms with E-state index in [4.69, 9.17) is 5.26 Å². The van der Waals surface area contributed by atoms with Gasteiger partial charge in [-0.2, -0.15) is 5.26 Å². The van der Waals surface area contributed by atoms with Crippen molar-refractivity contribution < 1.29 is 24.0 Å². The zero-order valence-electron chi connectivity index (χ0n) is 12.5. The molecule has 0 atom stereocenters. The van der Waals surface area contributed by atoms with Crippen LogP contribution in [0.2, 0.25) is 0 Å². The van der Waals surface area contributed by atoms with Crippen molar-refractivity contribution in [1.29, 1.82) is 5.26 Å².